The molecule has 42 heavy (non-hydrogen) atoms. The SMILES string of the molecule is CN1CCN([C@@H]2CCCN(c3cnc(C#N)c(Nc4ccc(C5(C)CCN(C(=O)OC(C)(C)C)CC5)cc4)n3)C2)C1=O. The maximum Gasteiger partial charge on any atom is 0.410 e. The van der Waals surface area contributed by atoms with Crippen LogP contribution in [0.5, 0.6) is 0 Å². The number of nitriles is 1. The summed E-state index contributed by atoms with van der Waals surface area (Å²) in [5, 5.41) is 13.0. The summed E-state index contributed by atoms with van der Waals surface area (Å²) < 4.78 is 5.55. The number of urea groups is 1. The van der Waals surface area contributed by atoms with Gasteiger partial charge in [0.25, 0.3) is 0 Å². The Balaban J connectivity index is 1.24. The van der Waals surface area contributed by atoms with Gasteiger partial charge in [-0.2, -0.15) is 5.26 Å². The molecule has 3 aliphatic heterocycles. The van der Waals surface area contributed by atoms with Gasteiger partial charge in [-0.05, 0) is 69.6 Å². The average Bonchev–Trinajstić information content (AvgIpc) is 3.30. The molecule has 0 aliphatic carbocycles. The molecule has 2 aromatic rings. The second-order valence-electron chi connectivity index (χ2n) is 12.9. The Labute approximate surface area is 248 Å². The molecule has 3 aliphatic rings. The van der Waals surface area contributed by atoms with E-state index in [2.05, 4.69) is 40.3 Å². The summed E-state index contributed by atoms with van der Waals surface area (Å²) in [5.41, 5.74) is 1.70. The van der Waals surface area contributed by atoms with Crippen LogP contribution in [0.3, 0.4) is 0 Å². The van der Waals surface area contributed by atoms with Crippen molar-refractivity contribution in [2.45, 2.75) is 70.4 Å². The van der Waals surface area contributed by atoms with Gasteiger partial charge in [0.05, 0.1) is 12.2 Å². The number of amides is 3. The van der Waals surface area contributed by atoms with E-state index < -0.39 is 5.60 Å². The fraction of sp³-hybridized carbons (Fsp3) is 0.581. The molecule has 11 nitrogen and oxygen atoms in total. The number of hydrogen-bond acceptors (Lipinski definition) is 8. The largest absolute Gasteiger partial charge is 0.444 e. The van der Waals surface area contributed by atoms with Crippen LogP contribution in [0.2, 0.25) is 0 Å². The minimum Gasteiger partial charge on any atom is -0.444 e. The second-order valence-corrected chi connectivity index (χ2v) is 12.9. The highest BCUT2D eigenvalue weighted by Gasteiger charge is 2.36. The van der Waals surface area contributed by atoms with Crippen molar-refractivity contribution >= 4 is 29.4 Å². The summed E-state index contributed by atoms with van der Waals surface area (Å²) in [5.74, 6) is 1.11. The number of carbonyl (C=O) groups excluding carboxylic acids is 2. The van der Waals surface area contributed by atoms with Gasteiger partial charge in [0.1, 0.15) is 17.5 Å². The number of ether oxygens (including phenoxy) is 1. The molecule has 11 heteroatoms. The molecule has 1 N–H and O–H groups in total. The lowest BCUT2D eigenvalue weighted by Gasteiger charge is -2.40. The van der Waals surface area contributed by atoms with Crippen molar-refractivity contribution < 1.29 is 14.3 Å². The number of anilines is 3. The van der Waals surface area contributed by atoms with Crippen molar-refractivity contribution in [2.24, 2.45) is 0 Å². The minimum absolute atomic E-state index is 0.0507. The van der Waals surface area contributed by atoms with Crippen molar-refractivity contribution in [3.8, 4) is 6.07 Å². The normalized spacial score (nSPS) is 20.9. The van der Waals surface area contributed by atoms with Crippen LogP contribution in [0.15, 0.2) is 30.5 Å². The molecule has 0 spiro atoms. The number of aromatic nitrogens is 2. The van der Waals surface area contributed by atoms with Crippen LogP contribution in [0.4, 0.5) is 26.9 Å². The van der Waals surface area contributed by atoms with E-state index in [1.54, 1.807) is 16.0 Å². The summed E-state index contributed by atoms with van der Waals surface area (Å²) in [6.45, 7) is 12.2. The molecule has 3 saturated heterocycles. The Hall–Kier alpha value is -4.07. The van der Waals surface area contributed by atoms with E-state index in [0.29, 0.717) is 31.3 Å². The zero-order valence-electron chi connectivity index (χ0n) is 25.4. The quantitative estimate of drug-likeness (QED) is 0.545. The summed E-state index contributed by atoms with van der Waals surface area (Å²) in [4.78, 5) is 41.9. The van der Waals surface area contributed by atoms with E-state index >= 15 is 0 Å². The fourth-order valence-electron chi connectivity index (χ4n) is 6.02. The van der Waals surface area contributed by atoms with E-state index in [1.807, 2.05) is 44.9 Å². The van der Waals surface area contributed by atoms with Crippen molar-refractivity contribution in [3.05, 3.63) is 41.7 Å². The van der Waals surface area contributed by atoms with E-state index in [4.69, 9.17) is 9.72 Å². The first-order valence-electron chi connectivity index (χ1n) is 14.8. The zero-order valence-corrected chi connectivity index (χ0v) is 25.4. The van der Waals surface area contributed by atoms with Gasteiger partial charge >= 0.3 is 12.1 Å². The Morgan fingerprint density at radius 1 is 1.12 bits per heavy atom. The molecule has 1 aromatic heterocycles. The van der Waals surface area contributed by atoms with Gasteiger partial charge in [0, 0.05) is 52.0 Å². The van der Waals surface area contributed by atoms with Crippen molar-refractivity contribution in [2.75, 3.05) is 56.5 Å². The van der Waals surface area contributed by atoms with Crippen LogP contribution in [0, 0.1) is 11.3 Å². The Morgan fingerprint density at radius 2 is 1.83 bits per heavy atom. The molecule has 0 radical (unpaired) electrons. The number of rotatable bonds is 5. The number of likely N-dealkylation sites (N-methyl/N-ethyl adjacent to an activating group) is 1. The lowest BCUT2D eigenvalue weighted by atomic mass is 9.74. The van der Waals surface area contributed by atoms with E-state index in [-0.39, 0.29) is 29.3 Å². The Morgan fingerprint density at radius 3 is 2.45 bits per heavy atom. The van der Waals surface area contributed by atoms with Gasteiger partial charge in [-0.3, -0.25) is 0 Å². The first-order valence-corrected chi connectivity index (χ1v) is 14.8. The summed E-state index contributed by atoms with van der Waals surface area (Å²) in [7, 11) is 1.84. The van der Waals surface area contributed by atoms with Gasteiger partial charge in [0.15, 0.2) is 11.5 Å². The number of nitrogens with zero attached hydrogens (tertiary/aromatic N) is 7. The average molecular weight is 575 g/mol. The lowest BCUT2D eigenvalue weighted by Crippen LogP contribution is -2.49. The molecule has 5 rings (SSSR count). The summed E-state index contributed by atoms with van der Waals surface area (Å²) in [6, 6.07) is 10.6. The van der Waals surface area contributed by atoms with Crippen molar-refractivity contribution in [3.63, 3.8) is 0 Å². The molecule has 1 aromatic carbocycles. The first-order chi connectivity index (χ1) is 20.0. The second kappa shape index (κ2) is 11.7. The topological polar surface area (TPSA) is 118 Å². The highest BCUT2D eigenvalue weighted by atomic mass is 16.6. The molecule has 3 fully saturated rings. The van der Waals surface area contributed by atoms with Crippen molar-refractivity contribution in [1.29, 1.82) is 5.26 Å². The van der Waals surface area contributed by atoms with Gasteiger partial charge < -0.3 is 29.7 Å². The molecule has 0 bridgehead atoms. The summed E-state index contributed by atoms with van der Waals surface area (Å²) >= 11 is 0. The number of hydrogen-bond donors (Lipinski definition) is 1. The molecule has 224 valence electrons. The standard InChI is InChI=1S/C31H42N8O3/c1-30(2,3)42-29(41)37-15-12-31(4,13-16-37)22-8-10-23(11-9-22)34-27-25(19-32)33-20-26(35-27)38-14-6-7-24(21-38)39-18-17-36(5)28(39)40/h8-11,20,24H,6-7,12-18,21H2,1-5H3,(H,34,35)/t24-/m1/s1. The smallest absolute Gasteiger partial charge is 0.410 e. The van der Waals surface area contributed by atoms with Crippen LogP contribution in [-0.2, 0) is 10.2 Å². The first kappa shape index (κ1) is 29.4. The Kier molecular flexibility index (Phi) is 8.17. The maximum atomic E-state index is 12.6. The van der Waals surface area contributed by atoms with E-state index in [1.165, 1.54) is 5.56 Å². The number of benzene rings is 1. The minimum atomic E-state index is -0.502. The van der Waals surface area contributed by atoms with E-state index in [9.17, 15) is 14.9 Å². The monoisotopic (exact) mass is 574 g/mol. The number of carbonyl (C=O) groups is 2. The molecule has 3 amide bonds. The van der Waals surface area contributed by atoms with E-state index in [0.717, 1.165) is 51.0 Å². The molecular formula is C31H42N8O3. The van der Waals surface area contributed by atoms with Crippen molar-refractivity contribution in [1.82, 2.24) is 24.7 Å². The highest BCUT2D eigenvalue weighted by Crippen LogP contribution is 2.36. The fourth-order valence-corrected chi connectivity index (χ4v) is 6.02. The molecule has 1 atom stereocenters. The van der Waals surface area contributed by atoms with Crippen LogP contribution in [-0.4, -0.2) is 94.8 Å². The predicted octanol–water partition coefficient (Wildman–Crippen LogP) is 4.72. The third-order valence-electron chi connectivity index (χ3n) is 8.64. The van der Waals surface area contributed by atoms with Crippen LogP contribution < -0.4 is 10.2 Å². The molecule has 0 saturated carbocycles. The predicted molar refractivity (Wildman–Crippen MR) is 161 cm³/mol. The highest BCUT2D eigenvalue weighted by molar-refractivity contribution is 5.76. The summed E-state index contributed by atoms with van der Waals surface area (Å²) in [6.07, 6.45) is 5.02. The molecule has 4 heterocycles. The number of likely N-dealkylation sites (tertiary alicyclic amines) is 1. The van der Waals surface area contributed by atoms with Gasteiger partial charge in [-0.15, -0.1) is 0 Å². The third kappa shape index (κ3) is 6.37. The number of nitrogens with one attached hydrogen (secondary N) is 1. The molecule has 0 unspecified atom stereocenters. The number of piperidine rings is 2. The van der Waals surface area contributed by atoms with Gasteiger partial charge in [-0.1, -0.05) is 19.1 Å². The molecular weight excluding hydrogens is 532 g/mol. The van der Waals surface area contributed by atoms with Gasteiger partial charge in [0.2, 0.25) is 0 Å². The third-order valence-corrected chi connectivity index (χ3v) is 8.64. The lowest BCUT2D eigenvalue weighted by molar-refractivity contribution is 0.0172. The van der Waals surface area contributed by atoms with Crippen LogP contribution in [0.25, 0.3) is 0 Å². The zero-order chi connectivity index (χ0) is 30.1. The Bertz CT molecular complexity index is 1340. The maximum absolute atomic E-state index is 12.6. The van der Waals surface area contributed by atoms with Gasteiger partial charge in [-0.25, -0.2) is 19.6 Å². The van der Waals surface area contributed by atoms with Crippen LogP contribution in [0.1, 0.15) is 64.6 Å². The van der Waals surface area contributed by atoms with Crippen LogP contribution >= 0.6 is 0 Å².